The van der Waals surface area contributed by atoms with Gasteiger partial charge in [0, 0.05) is 12.6 Å². The number of hydrogen-bond donors (Lipinski definition) is 1. The highest BCUT2D eigenvalue weighted by molar-refractivity contribution is 5.84. The van der Waals surface area contributed by atoms with E-state index in [9.17, 15) is 9.18 Å². The minimum absolute atomic E-state index is 0.0589. The lowest BCUT2D eigenvalue weighted by atomic mass is 10.2. The van der Waals surface area contributed by atoms with Crippen LogP contribution < -0.4 is 4.74 Å². The van der Waals surface area contributed by atoms with E-state index in [-0.39, 0.29) is 17.6 Å². The van der Waals surface area contributed by atoms with E-state index in [0.29, 0.717) is 18.9 Å². The number of ether oxygens (including phenoxy) is 1. The molecule has 0 amide bonds. The van der Waals surface area contributed by atoms with Crippen molar-refractivity contribution < 1.29 is 19.0 Å². The summed E-state index contributed by atoms with van der Waals surface area (Å²) in [5, 5.41) is 8.84. The summed E-state index contributed by atoms with van der Waals surface area (Å²) in [6, 6.07) is 6.23. The molecule has 2 heterocycles. The normalized spacial score (nSPS) is 17.8. The van der Waals surface area contributed by atoms with Crippen LogP contribution in [0.2, 0.25) is 0 Å². The number of carbonyl (C=O) groups is 1. The van der Waals surface area contributed by atoms with E-state index in [0.717, 1.165) is 25.1 Å². The topological polar surface area (TPSA) is 75.5 Å². The molecule has 6 nitrogen and oxygen atoms in total. The van der Waals surface area contributed by atoms with Crippen molar-refractivity contribution in [3.05, 3.63) is 53.9 Å². The van der Waals surface area contributed by atoms with E-state index < -0.39 is 5.97 Å². The van der Waals surface area contributed by atoms with Gasteiger partial charge in [-0.1, -0.05) is 0 Å². The zero-order valence-electron chi connectivity index (χ0n) is 13.1. The van der Waals surface area contributed by atoms with Crippen LogP contribution >= 0.6 is 0 Å². The second-order valence-electron chi connectivity index (χ2n) is 5.73. The van der Waals surface area contributed by atoms with E-state index in [1.165, 1.54) is 24.5 Å². The maximum absolute atomic E-state index is 12.9. The number of carboxylic acid groups (broad SMARTS) is 1. The molecule has 24 heavy (non-hydrogen) atoms. The average molecular weight is 331 g/mol. The summed E-state index contributed by atoms with van der Waals surface area (Å²) in [6.45, 7) is 2.05. The maximum atomic E-state index is 12.9. The van der Waals surface area contributed by atoms with Gasteiger partial charge in [-0.25, -0.2) is 14.2 Å². The number of nitrogens with zero attached hydrogens (tertiary/aromatic N) is 3. The molecule has 3 rings (SSSR count). The summed E-state index contributed by atoms with van der Waals surface area (Å²) >= 11 is 0. The summed E-state index contributed by atoms with van der Waals surface area (Å²) in [4.78, 5) is 21.1. The fourth-order valence-corrected chi connectivity index (χ4v) is 2.77. The Balaban J connectivity index is 1.56. The lowest BCUT2D eigenvalue weighted by molar-refractivity contribution is 0.0690. The van der Waals surface area contributed by atoms with Gasteiger partial charge in [-0.05, 0) is 43.7 Å². The second kappa shape index (κ2) is 7.35. The third-order valence-electron chi connectivity index (χ3n) is 4.04. The maximum Gasteiger partial charge on any atom is 0.356 e. The number of rotatable bonds is 6. The van der Waals surface area contributed by atoms with Crippen LogP contribution in [-0.4, -0.2) is 45.1 Å². The van der Waals surface area contributed by atoms with Gasteiger partial charge in [-0.2, -0.15) is 0 Å². The van der Waals surface area contributed by atoms with Crippen LogP contribution in [0.1, 0.15) is 29.0 Å². The van der Waals surface area contributed by atoms with Crippen molar-refractivity contribution in [3.8, 4) is 5.75 Å². The molecule has 0 radical (unpaired) electrons. The minimum atomic E-state index is -1.08. The second-order valence-corrected chi connectivity index (χ2v) is 5.73. The van der Waals surface area contributed by atoms with Crippen molar-refractivity contribution in [3.63, 3.8) is 0 Å². The van der Waals surface area contributed by atoms with Crippen molar-refractivity contribution in [1.29, 1.82) is 0 Å². The highest BCUT2D eigenvalue weighted by Gasteiger charge is 2.25. The van der Waals surface area contributed by atoms with E-state index in [2.05, 4.69) is 14.9 Å². The molecule has 1 N–H and O–H groups in total. The standard InChI is InChI=1S/C17H18FN3O3/c18-12-3-5-15(6-4-12)24-11-14-2-1-7-21(14)10-13-8-20-16(9-19-13)17(22)23/h3-6,8-9,14H,1-2,7,10-11H2,(H,22,23)/t14-/m0/s1. The van der Waals surface area contributed by atoms with Gasteiger partial charge in [0.15, 0.2) is 5.69 Å². The third-order valence-corrected chi connectivity index (χ3v) is 4.04. The Hall–Kier alpha value is -2.54. The highest BCUT2D eigenvalue weighted by Crippen LogP contribution is 2.21. The van der Waals surface area contributed by atoms with Gasteiger partial charge < -0.3 is 9.84 Å². The molecule has 1 saturated heterocycles. The summed E-state index contributed by atoms with van der Waals surface area (Å²) in [5.74, 6) is -0.720. The Kier molecular flexibility index (Phi) is 5.00. The Labute approximate surface area is 138 Å². The van der Waals surface area contributed by atoms with E-state index >= 15 is 0 Å². The summed E-state index contributed by atoms with van der Waals surface area (Å²) in [5.41, 5.74) is 0.671. The van der Waals surface area contributed by atoms with Crippen molar-refractivity contribution in [1.82, 2.24) is 14.9 Å². The first-order valence-electron chi connectivity index (χ1n) is 7.78. The molecule has 126 valence electrons. The molecule has 1 aliphatic heterocycles. The van der Waals surface area contributed by atoms with E-state index in [1.54, 1.807) is 12.1 Å². The Bertz CT molecular complexity index is 691. The fourth-order valence-electron chi connectivity index (χ4n) is 2.77. The average Bonchev–Trinajstić information content (AvgIpc) is 3.02. The SMILES string of the molecule is O=C(O)c1cnc(CN2CCC[C@H]2COc2ccc(F)cc2)cn1. The number of hydrogen-bond acceptors (Lipinski definition) is 5. The summed E-state index contributed by atoms with van der Waals surface area (Å²) in [7, 11) is 0. The van der Waals surface area contributed by atoms with Crippen molar-refractivity contribution in [2.24, 2.45) is 0 Å². The quantitative estimate of drug-likeness (QED) is 0.876. The number of aromatic nitrogens is 2. The first-order chi connectivity index (χ1) is 11.6. The Morgan fingerprint density at radius 1 is 1.29 bits per heavy atom. The lowest BCUT2D eigenvalue weighted by Crippen LogP contribution is -2.34. The van der Waals surface area contributed by atoms with Crippen LogP contribution in [-0.2, 0) is 6.54 Å². The van der Waals surface area contributed by atoms with Crippen LogP contribution in [0.5, 0.6) is 5.75 Å². The lowest BCUT2D eigenvalue weighted by Gasteiger charge is -2.24. The highest BCUT2D eigenvalue weighted by atomic mass is 19.1. The van der Waals surface area contributed by atoms with Crippen molar-refractivity contribution >= 4 is 5.97 Å². The van der Waals surface area contributed by atoms with E-state index in [1.807, 2.05) is 0 Å². The molecule has 0 unspecified atom stereocenters. The minimum Gasteiger partial charge on any atom is -0.492 e. The van der Waals surface area contributed by atoms with Gasteiger partial charge >= 0.3 is 5.97 Å². The molecule has 1 aromatic heterocycles. The first kappa shape index (κ1) is 16.3. The molecule has 0 saturated carbocycles. The third kappa shape index (κ3) is 4.05. The van der Waals surface area contributed by atoms with Gasteiger partial charge in [0.05, 0.1) is 18.1 Å². The first-order valence-corrected chi connectivity index (χ1v) is 7.78. The Morgan fingerprint density at radius 3 is 2.75 bits per heavy atom. The number of likely N-dealkylation sites (tertiary alicyclic amines) is 1. The van der Waals surface area contributed by atoms with Crippen molar-refractivity contribution in [2.75, 3.05) is 13.2 Å². The summed E-state index contributed by atoms with van der Waals surface area (Å²) < 4.78 is 18.6. The zero-order valence-corrected chi connectivity index (χ0v) is 13.1. The summed E-state index contributed by atoms with van der Waals surface area (Å²) in [6.07, 6.45) is 4.86. The predicted molar refractivity (Wildman–Crippen MR) is 84.3 cm³/mol. The number of halogens is 1. The smallest absolute Gasteiger partial charge is 0.356 e. The predicted octanol–water partition coefficient (Wildman–Crippen LogP) is 2.36. The molecule has 7 heteroatoms. The molecule has 1 aliphatic rings. The van der Waals surface area contributed by atoms with Crippen molar-refractivity contribution in [2.45, 2.75) is 25.4 Å². The van der Waals surface area contributed by atoms with Gasteiger partial charge in [0.2, 0.25) is 0 Å². The molecule has 1 atom stereocenters. The van der Waals surface area contributed by atoms with Crippen LogP contribution in [0.4, 0.5) is 4.39 Å². The monoisotopic (exact) mass is 331 g/mol. The number of aromatic carboxylic acids is 1. The molecule has 2 aromatic rings. The molecule has 0 spiro atoms. The molecular weight excluding hydrogens is 313 g/mol. The van der Waals surface area contributed by atoms with E-state index in [4.69, 9.17) is 9.84 Å². The number of benzene rings is 1. The molecule has 1 aromatic carbocycles. The van der Waals surface area contributed by atoms with Crippen LogP contribution in [0.25, 0.3) is 0 Å². The molecule has 0 bridgehead atoms. The molecular formula is C17H18FN3O3. The van der Waals surface area contributed by atoms with Gasteiger partial charge in [0.25, 0.3) is 0 Å². The van der Waals surface area contributed by atoms with Crippen LogP contribution in [0.15, 0.2) is 36.7 Å². The van der Waals surface area contributed by atoms with Crippen LogP contribution in [0.3, 0.4) is 0 Å². The van der Waals surface area contributed by atoms with Gasteiger partial charge in [-0.3, -0.25) is 9.88 Å². The Morgan fingerprint density at radius 2 is 2.08 bits per heavy atom. The van der Waals surface area contributed by atoms with Gasteiger partial charge in [0.1, 0.15) is 18.2 Å². The van der Waals surface area contributed by atoms with Crippen LogP contribution in [0, 0.1) is 5.82 Å². The molecule has 0 aliphatic carbocycles. The molecule has 1 fully saturated rings. The number of carboxylic acids is 1. The zero-order chi connectivity index (χ0) is 16.9. The largest absolute Gasteiger partial charge is 0.492 e. The fraction of sp³-hybridized carbons (Fsp3) is 0.353. The van der Waals surface area contributed by atoms with Gasteiger partial charge in [-0.15, -0.1) is 0 Å².